The third-order valence-electron chi connectivity index (χ3n) is 8.80. The summed E-state index contributed by atoms with van der Waals surface area (Å²) < 4.78 is 11.6. The molecule has 0 aromatic carbocycles. The number of hydrogen-bond acceptors (Lipinski definition) is 10. The van der Waals surface area contributed by atoms with Crippen LogP contribution in [-0.2, 0) is 11.2 Å². The first-order valence-electron chi connectivity index (χ1n) is 13.5. The van der Waals surface area contributed by atoms with Crippen LogP contribution >= 0.6 is 11.8 Å². The van der Waals surface area contributed by atoms with E-state index in [9.17, 15) is 0 Å². The van der Waals surface area contributed by atoms with Crippen LogP contribution in [0.4, 0.5) is 11.6 Å². The Hall–Kier alpha value is -2.95. The zero-order valence-electron chi connectivity index (χ0n) is 21.6. The van der Waals surface area contributed by atoms with Gasteiger partial charge in [-0.3, -0.25) is 4.98 Å². The Labute approximate surface area is 227 Å². The summed E-state index contributed by atoms with van der Waals surface area (Å²) in [6, 6.07) is 6.57. The standard InChI is InChI=1S/C28H33N7O2S/c1-36-16-18-11-19-17-37-25-22(4-8-31-27(25)35(19)15-18)38-24-14-32-23(13-33-24)34-9-5-28(6-10-34)12-21-20(26(28)29)3-2-7-30-21/h2-4,7-8,13-14,18-19,26H,5-6,9-12,15-17,29H2,1H3/t18-,19-,26+/m0/s1. The molecule has 6 heterocycles. The Kier molecular flexibility index (Phi) is 6.13. The van der Waals surface area contributed by atoms with E-state index in [1.807, 2.05) is 36.9 Å². The van der Waals surface area contributed by atoms with Crippen LogP contribution in [0.2, 0.25) is 0 Å². The van der Waals surface area contributed by atoms with Gasteiger partial charge in [-0.15, -0.1) is 0 Å². The highest BCUT2D eigenvalue weighted by Crippen LogP contribution is 2.50. The number of fused-ring (bicyclic) bond motifs is 4. The van der Waals surface area contributed by atoms with E-state index in [-0.39, 0.29) is 11.5 Å². The van der Waals surface area contributed by atoms with Gasteiger partial charge in [-0.25, -0.2) is 15.0 Å². The van der Waals surface area contributed by atoms with Crippen LogP contribution in [0, 0.1) is 11.3 Å². The molecule has 9 nitrogen and oxygen atoms in total. The van der Waals surface area contributed by atoms with E-state index in [2.05, 4.69) is 25.8 Å². The summed E-state index contributed by atoms with van der Waals surface area (Å²) in [4.78, 5) is 24.5. The van der Waals surface area contributed by atoms with Crippen LogP contribution in [0.15, 0.2) is 52.9 Å². The maximum absolute atomic E-state index is 6.72. The molecule has 4 aliphatic rings. The minimum absolute atomic E-state index is 0.0634. The fourth-order valence-corrected chi connectivity index (χ4v) is 7.58. The van der Waals surface area contributed by atoms with Gasteiger partial charge in [0.05, 0.1) is 29.9 Å². The first kappa shape index (κ1) is 24.1. The molecule has 0 amide bonds. The summed E-state index contributed by atoms with van der Waals surface area (Å²) in [6.45, 7) is 4.26. The summed E-state index contributed by atoms with van der Waals surface area (Å²) >= 11 is 1.58. The molecule has 1 aliphatic carbocycles. The molecule has 2 N–H and O–H groups in total. The molecule has 10 heteroatoms. The highest BCUT2D eigenvalue weighted by Gasteiger charge is 2.46. The molecule has 2 fully saturated rings. The molecule has 7 rings (SSSR count). The van der Waals surface area contributed by atoms with Gasteiger partial charge in [-0.2, -0.15) is 0 Å². The third-order valence-corrected chi connectivity index (χ3v) is 9.76. The van der Waals surface area contributed by atoms with Gasteiger partial charge in [0.15, 0.2) is 11.6 Å². The van der Waals surface area contributed by atoms with Crippen LogP contribution in [-0.4, -0.2) is 65.9 Å². The van der Waals surface area contributed by atoms with E-state index in [1.54, 1.807) is 18.9 Å². The van der Waals surface area contributed by atoms with E-state index in [1.165, 1.54) is 11.3 Å². The Balaban J connectivity index is 1.02. The Morgan fingerprint density at radius 3 is 2.82 bits per heavy atom. The number of nitrogens with zero attached hydrogens (tertiary/aromatic N) is 6. The maximum atomic E-state index is 6.72. The topological polar surface area (TPSA) is 103 Å². The van der Waals surface area contributed by atoms with Gasteiger partial charge in [0.25, 0.3) is 0 Å². The fraction of sp³-hybridized carbons (Fsp3) is 0.500. The predicted octanol–water partition coefficient (Wildman–Crippen LogP) is 3.49. The number of ether oxygens (including phenoxy) is 2. The molecule has 0 radical (unpaired) electrons. The van der Waals surface area contributed by atoms with Crippen molar-refractivity contribution in [1.82, 2.24) is 19.9 Å². The lowest BCUT2D eigenvalue weighted by Gasteiger charge is -2.42. The molecule has 1 spiro atoms. The molecule has 3 aromatic rings. The van der Waals surface area contributed by atoms with Gasteiger partial charge in [0, 0.05) is 56.8 Å². The Morgan fingerprint density at radius 1 is 1.13 bits per heavy atom. The van der Waals surface area contributed by atoms with Crippen molar-refractivity contribution in [2.24, 2.45) is 17.1 Å². The monoisotopic (exact) mass is 531 g/mol. The predicted molar refractivity (Wildman–Crippen MR) is 146 cm³/mol. The molecule has 3 atom stereocenters. The van der Waals surface area contributed by atoms with Gasteiger partial charge in [0.2, 0.25) is 0 Å². The molecule has 0 unspecified atom stereocenters. The number of aromatic nitrogens is 4. The molecular weight excluding hydrogens is 498 g/mol. The summed E-state index contributed by atoms with van der Waals surface area (Å²) in [5.41, 5.74) is 9.22. The lowest BCUT2D eigenvalue weighted by Crippen LogP contribution is -2.44. The number of hydrogen-bond donors (Lipinski definition) is 1. The van der Waals surface area contributed by atoms with Crippen LogP contribution < -0.4 is 20.3 Å². The van der Waals surface area contributed by atoms with Crippen molar-refractivity contribution in [3.8, 4) is 5.75 Å². The average Bonchev–Trinajstić information content (AvgIpc) is 3.49. The van der Waals surface area contributed by atoms with Crippen LogP contribution in [0.25, 0.3) is 0 Å². The number of pyridine rings is 2. The SMILES string of the molecule is COC[C@H]1C[C@H]2COc3c(Sc4cnc(N5CCC6(CC5)Cc5ncccc5[C@H]6N)cn4)ccnc3N2C1. The molecule has 3 aliphatic heterocycles. The normalized spacial score (nSPS) is 25.2. The second-order valence-corrected chi connectivity index (χ2v) is 12.1. The molecule has 198 valence electrons. The van der Waals surface area contributed by atoms with Crippen molar-refractivity contribution in [3.63, 3.8) is 0 Å². The zero-order chi connectivity index (χ0) is 25.7. The summed E-state index contributed by atoms with van der Waals surface area (Å²) in [5, 5.41) is 0.847. The van der Waals surface area contributed by atoms with Crippen molar-refractivity contribution >= 4 is 23.4 Å². The average molecular weight is 532 g/mol. The second kappa shape index (κ2) is 9.66. The van der Waals surface area contributed by atoms with Crippen molar-refractivity contribution in [1.29, 1.82) is 0 Å². The second-order valence-electron chi connectivity index (χ2n) is 11.0. The van der Waals surface area contributed by atoms with Gasteiger partial charge in [0.1, 0.15) is 17.5 Å². The van der Waals surface area contributed by atoms with E-state index in [0.717, 1.165) is 79.2 Å². The summed E-state index contributed by atoms with van der Waals surface area (Å²) in [6.07, 6.45) is 11.6. The molecule has 3 aromatic heterocycles. The van der Waals surface area contributed by atoms with Crippen molar-refractivity contribution in [3.05, 3.63) is 54.2 Å². The van der Waals surface area contributed by atoms with E-state index in [4.69, 9.17) is 25.2 Å². The largest absolute Gasteiger partial charge is 0.486 e. The maximum Gasteiger partial charge on any atom is 0.175 e. The lowest BCUT2D eigenvalue weighted by molar-refractivity contribution is 0.157. The zero-order valence-corrected chi connectivity index (χ0v) is 22.4. The first-order valence-corrected chi connectivity index (χ1v) is 14.3. The molecule has 0 bridgehead atoms. The number of anilines is 2. The van der Waals surface area contributed by atoms with Crippen LogP contribution in [0.3, 0.4) is 0 Å². The van der Waals surface area contributed by atoms with Crippen molar-refractivity contribution in [2.75, 3.05) is 49.8 Å². The van der Waals surface area contributed by atoms with Crippen molar-refractivity contribution in [2.45, 2.75) is 47.7 Å². The Bertz CT molecular complexity index is 1310. The minimum atomic E-state index is 0.0634. The van der Waals surface area contributed by atoms with Gasteiger partial charge in [-0.1, -0.05) is 17.8 Å². The molecular formula is C28H33N7O2S. The number of nitrogens with two attached hydrogens (primary N) is 1. The third kappa shape index (κ3) is 4.10. The Morgan fingerprint density at radius 2 is 2.03 bits per heavy atom. The van der Waals surface area contributed by atoms with Crippen LogP contribution in [0.1, 0.15) is 36.6 Å². The molecule has 0 saturated carbocycles. The highest BCUT2D eigenvalue weighted by molar-refractivity contribution is 7.99. The van der Waals surface area contributed by atoms with Crippen LogP contribution in [0.5, 0.6) is 5.75 Å². The number of methoxy groups -OCH3 is 1. The van der Waals surface area contributed by atoms with E-state index >= 15 is 0 Å². The fourth-order valence-electron chi connectivity index (χ4n) is 6.77. The van der Waals surface area contributed by atoms with E-state index < -0.39 is 0 Å². The smallest absolute Gasteiger partial charge is 0.175 e. The van der Waals surface area contributed by atoms with Gasteiger partial charge >= 0.3 is 0 Å². The minimum Gasteiger partial charge on any atom is -0.486 e. The highest BCUT2D eigenvalue weighted by atomic mass is 32.2. The van der Waals surface area contributed by atoms with Crippen molar-refractivity contribution < 1.29 is 9.47 Å². The van der Waals surface area contributed by atoms with Gasteiger partial charge < -0.3 is 25.0 Å². The molecule has 2 saturated heterocycles. The van der Waals surface area contributed by atoms with E-state index in [0.29, 0.717) is 18.6 Å². The van der Waals surface area contributed by atoms with Gasteiger partial charge in [-0.05, 0) is 48.8 Å². The first-order chi connectivity index (χ1) is 18.6. The summed E-state index contributed by atoms with van der Waals surface area (Å²) in [7, 11) is 1.77. The quantitative estimate of drug-likeness (QED) is 0.526. The lowest BCUT2D eigenvalue weighted by atomic mass is 9.73. The number of piperidine rings is 1. The summed E-state index contributed by atoms with van der Waals surface area (Å²) in [5.74, 6) is 3.21. The molecule has 38 heavy (non-hydrogen) atoms. The number of rotatable bonds is 5.